The molecule has 1 aromatic heterocycles. The molecule has 3 aromatic rings. The third kappa shape index (κ3) is 2.54. The minimum Gasteiger partial charge on any atom is -0.497 e. The van der Waals surface area contributed by atoms with Crippen molar-refractivity contribution in [2.75, 3.05) is 12.4 Å². The summed E-state index contributed by atoms with van der Waals surface area (Å²) in [6, 6.07) is 15.8. The van der Waals surface area contributed by atoms with Gasteiger partial charge < -0.3 is 10.1 Å². The van der Waals surface area contributed by atoms with Crippen LogP contribution in [0.5, 0.6) is 5.75 Å². The second-order valence-corrected chi connectivity index (χ2v) is 5.80. The number of fused-ring (bicyclic) bond motifs is 3. The Morgan fingerprint density at radius 2 is 2.04 bits per heavy atom. The normalized spacial score (nSPS) is 12.8. The van der Waals surface area contributed by atoms with Crippen molar-refractivity contribution >= 4 is 11.6 Å². The van der Waals surface area contributed by atoms with Gasteiger partial charge in [0.1, 0.15) is 5.75 Å². The average Bonchev–Trinajstić information content (AvgIpc) is 2.91. The van der Waals surface area contributed by atoms with Gasteiger partial charge in [-0.15, -0.1) is 0 Å². The van der Waals surface area contributed by atoms with Crippen molar-refractivity contribution in [1.29, 1.82) is 0 Å². The first-order valence-electron chi connectivity index (χ1n) is 7.82. The van der Waals surface area contributed by atoms with E-state index >= 15 is 0 Å². The largest absolute Gasteiger partial charge is 0.497 e. The van der Waals surface area contributed by atoms with E-state index in [1.54, 1.807) is 7.11 Å². The number of carbonyl (C=O) groups excluding carboxylic acids is 1. The van der Waals surface area contributed by atoms with Crippen LogP contribution in [0.15, 0.2) is 54.7 Å². The Balaban J connectivity index is 1.81. The number of amides is 1. The summed E-state index contributed by atoms with van der Waals surface area (Å²) in [6.07, 6.45) is 2.91. The van der Waals surface area contributed by atoms with E-state index < -0.39 is 0 Å². The van der Waals surface area contributed by atoms with Crippen LogP contribution in [0, 0.1) is 0 Å². The molecular weight excluding hydrogens is 302 g/mol. The van der Waals surface area contributed by atoms with E-state index in [4.69, 9.17) is 4.74 Å². The maximum absolute atomic E-state index is 12.3. The van der Waals surface area contributed by atoms with Crippen LogP contribution in [0.25, 0.3) is 5.69 Å². The Labute approximate surface area is 139 Å². The number of nitrogens with zero attached hydrogens (tertiary/aromatic N) is 2. The van der Waals surface area contributed by atoms with Crippen LogP contribution in [0.4, 0.5) is 5.69 Å². The number of hydrogen-bond acceptors (Lipinski definition) is 3. The molecule has 1 amide bonds. The maximum atomic E-state index is 12.3. The second-order valence-electron chi connectivity index (χ2n) is 5.80. The number of benzene rings is 2. The first-order valence-corrected chi connectivity index (χ1v) is 7.82. The zero-order valence-electron chi connectivity index (χ0n) is 13.3. The van der Waals surface area contributed by atoms with Crippen LogP contribution in [-0.4, -0.2) is 22.8 Å². The number of carbonyl (C=O) groups is 1. The summed E-state index contributed by atoms with van der Waals surface area (Å²) in [7, 11) is 1.63. The van der Waals surface area contributed by atoms with Crippen LogP contribution >= 0.6 is 0 Å². The van der Waals surface area contributed by atoms with E-state index in [0.29, 0.717) is 6.42 Å². The summed E-state index contributed by atoms with van der Waals surface area (Å²) < 4.78 is 7.15. The highest BCUT2D eigenvalue weighted by Crippen LogP contribution is 2.30. The maximum Gasteiger partial charge on any atom is 0.230 e. The number of anilines is 1. The van der Waals surface area contributed by atoms with Crippen LogP contribution in [-0.2, 0) is 17.6 Å². The molecule has 0 radical (unpaired) electrons. The zero-order valence-corrected chi connectivity index (χ0v) is 13.3. The van der Waals surface area contributed by atoms with E-state index in [9.17, 15) is 4.79 Å². The molecule has 5 heteroatoms. The van der Waals surface area contributed by atoms with Crippen molar-refractivity contribution < 1.29 is 9.53 Å². The van der Waals surface area contributed by atoms with Crippen LogP contribution < -0.4 is 10.1 Å². The molecule has 1 N–H and O–H groups in total. The minimum absolute atomic E-state index is 0.0324. The molecule has 24 heavy (non-hydrogen) atoms. The zero-order chi connectivity index (χ0) is 16.5. The minimum atomic E-state index is -0.0324. The molecule has 2 heterocycles. The van der Waals surface area contributed by atoms with Crippen molar-refractivity contribution in [3.05, 3.63) is 71.5 Å². The van der Waals surface area contributed by atoms with Gasteiger partial charge in [-0.2, -0.15) is 5.10 Å². The fourth-order valence-electron chi connectivity index (χ4n) is 3.03. The summed E-state index contributed by atoms with van der Waals surface area (Å²) in [6.45, 7) is 0. The van der Waals surface area contributed by atoms with Crippen molar-refractivity contribution in [3.63, 3.8) is 0 Å². The summed E-state index contributed by atoms with van der Waals surface area (Å²) >= 11 is 0. The molecule has 1 aliphatic heterocycles. The number of hydrogen-bond donors (Lipinski definition) is 1. The lowest BCUT2D eigenvalue weighted by Crippen LogP contribution is -2.13. The third-order valence-corrected chi connectivity index (χ3v) is 4.23. The van der Waals surface area contributed by atoms with E-state index in [-0.39, 0.29) is 5.91 Å². The van der Waals surface area contributed by atoms with Crippen molar-refractivity contribution in [3.8, 4) is 11.4 Å². The molecule has 1 aliphatic rings. The van der Waals surface area contributed by atoms with Gasteiger partial charge in [0, 0.05) is 12.5 Å². The lowest BCUT2D eigenvalue weighted by Gasteiger charge is -2.10. The van der Waals surface area contributed by atoms with E-state index in [1.165, 1.54) is 5.56 Å². The highest BCUT2D eigenvalue weighted by atomic mass is 16.5. The Morgan fingerprint density at radius 3 is 2.83 bits per heavy atom. The van der Waals surface area contributed by atoms with E-state index in [2.05, 4.69) is 22.5 Å². The van der Waals surface area contributed by atoms with Gasteiger partial charge >= 0.3 is 0 Å². The first-order chi connectivity index (χ1) is 11.7. The number of methoxy groups -OCH3 is 1. The monoisotopic (exact) mass is 319 g/mol. The Hall–Kier alpha value is -3.08. The molecule has 0 spiro atoms. The lowest BCUT2D eigenvalue weighted by atomic mass is 10.0. The smallest absolute Gasteiger partial charge is 0.230 e. The number of rotatable bonds is 3. The molecule has 0 unspecified atom stereocenters. The van der Waals surface area contributed by atoms with Gasteiger partial charge in [0.05, 0.1) is 36.8 Å². The molecule has 0 bridgehead atoms. The summed E-state index contributed by atoms with van der Waals surface area (Å²) in [5.74, 6) is 0.700. The topological polar surface area (TPSA) is 56.2 Å². The predicted molar refractivity (Wildman–Crippen MR) is 91.7 cm³/mol. The number of nitrogens with one attached hydrogen (secondary N) is 1. The molecule has 4 rings (SSSR count). The van der Waals surface area contributed by atoms with Gasteiger partial charge in [0.2, 0.25) is 5.91 Å². The van der Waals surface area contributed by atoms with Crippen molar-refractivity contribution in [2.24, 2.45) is 0 Å². The Morgan fingerprint density at radius 1 is 1.21 bits per heavy atom. The molecule has 0 atom stereocenters. The predicted octanol–water partition coefficient (Wildman–Crippen LogP) is 2.97. The fraction of sp³-hybridized carbons (Fsp3) is 0.158. The highest BCUT2D eigenvalue weighted by molar-refractivity contribution is 5.95. The molecule has 2 aromatic carbocycles. The lowest BCUT2D eigenvalue weighted by molar-refractivity contribution is -0.115. The summed E-state index contributed by atoms with van der Waals surface area (Å²) in [5.41, 5.74) is 4.75. The number of ether oxygens (including phenoxy) is 1. The van der Waals surface area contributed by atoms with Crippen molar-refractivity contribution in [1.82, 2.24) is 9.78 Å². The van der Waals surface area contributed by atoms with Gasteiger partial charge in [-0.3, -0.25) is 4.79 Å². The van der Waals surface area contributed by atoms with Crippen LogP contribution in [0.2, 0.25) is 0 Å². The second kappa shape index (κ2) is 5.85. The third-order valence-electron chi connectivity index (χ3n) is 4.23. The Bertz CT molecular complexity index is 900. The van der Waals surface area contributed by atoms with Gasteiger partial charge in [-0.25, -0.2) is 4.68 Å². The van der Waals surface area contributed by atoms with Crippen molar-refractivity contribution in [2.45, 2.75) is 12.8 Å². The van der Waals surface area contributed by atoms with E-state index in [0.717, 1.165) is 34.8 Å². The SMILES string of the molecule is COc1ccc2c(c1)-n1ncc(Cc3ccccc3)c1CC(=O)N2. The molecule has 0 aliphatic carbocycles. The molecule has 0 fully saturated rings. The standard InChI is InChI=1S/C19H17N3O2/c1-24-15-7-8-16-18(10-15)22-17(11-19(23)21-16)14(12-20-22)9-13-5-3-2-4-6-13/h2-8,10,12H,9,11H2,1H3,(H,21,23). The Kier molecular flexibility index (Phi) is 3.54. The highest BCUT2D eigenvalue weighted by Gasteiger charge is 2.22. The quantitative estimate of drug-likeness (QED) is 0.807. The molecule has 120 valence electrons. The molecule has 5 nitrogen and oxygen atoms in total. The van der Waals surface area contributed by atoms with Crippen LogP contribution in [0.1, 0.15) is 16.8 Å². The summed E-state index contributed by atoms with van der Waals surface area (Å²) in [4.78, 5) is 12.3. The van der Waals surface area contributed by atoms with Gasteiger partial charge in [-0.1, -0.05) is 30.3 Å². The molecule has 0 saturated heterocycles. The average molecular weight is 319 g/mol. The van der Waals surface area contributed by atoms with Gasteiger partial charge in [0.15, 0.2) is 0 Å². The number of aromatic nitrogens is 2. The van der Waals surface area contributed by atoms with Gasteiger partial charge in [0.25, 0.3) is 0 Å². The summed E-state index contributed by atoms with van der Waals surface area (Å²) in [5, 5.41) is 7.48. The fourth-order valence-corrected chi connectivity index (χ4v) is 3.03. The first kappa shape index (κ1) is 14.5. The van der Waals surface area contributed by atoms with E-state index in [1.807, 2.05) is 47.3 Å². The molecular formula is C19H17N3O2. The van der Waals surface area contributed by atoms with Crippen LogP contribution in [0.3, 0.4) is 0 Å². The van der Waals surface area contributed by atoms with Gasteiger partial charge in [-0.05, 0) is 23.3 Å². The molecule has 0 saturated carbocycles.